The van der Waals surface area contributed by atoms with Gasteiger partial charge < -0.3 is 9.64 Å². The number of para-hydroxylation sites is 1. The molecular weight excluding hydrogens is 494 g/mol. The zero-order valence-corrected chi connectivity index (χ0v) is 21.7. The van der Waals surface area contributed by atoms with Crippen molar-refractivity contribution in [2.24, 2.45) is 0 Å². The fourth-order valence-corrected chi connectivity index (χ4v) is 5.46. The number of rotatable bonds is 9. The molecule has 1 heterocycles. The summed E-state index contributed by atoms with van der Waals surface area (Å²) in [4.78, 5) is 17.7. The van der Waals surface area contributed by atoms with E-state index >= 15 is 0 Å². The van der Waals surface area contributed by atoms with Crippen molar-refractivity contribution in [3.8, 4) is 5.75 Å². The van der Waals surface area contributed by atoms with E-state index in [1.807, 2.05) is 83.8 Å². The van der Waals surface area contributed by atoms with Crippen molar-refractivity contribution < 1.29 is 18.3 Å². The van der Waals surface area contributed by atoms with E-state index in [9.17, 15) is 13.6 Å². The Morgan fingerprint density at radius 1 is 0.667 bits per heavy atom. The molecule has 0 saturated carbocycles. The van der Waals surface area contributed by atoms with E-state index in [-0.39, 0.29) is 23.6 Å². The number of hydrogen-bond acceptors (Lipinski definition) is 3. The van der Waals surface area contributed by atoms with E-state index in [1.165, 1.54) is 0 Å². The standard InChI is InChI=1S/C33H32F2N2O2/c34-33(35)39-30-19-11-10-18-28(30)32(27-16-8-3-9-17-27)37-22-20-36(21-23-37)31(38)24-29(25-12-4-1-5-13-25)26-14-6-2-7-15-26/h1-19,29,32-33H,20-24H2. The molecule has 0 aliphatic carbocycles. The zero-order chi connectivity index (χ0) is 27.0. The average Bonchev–Trinajstić information content (AvgIpc) is 2.98. The lowest BCUT2D eigenvalue weighted by Crippen LogP contribution is -2.50. The summed E-state index contributed by atoms with van der Waals surface area (Å²) < 4.78 is 31.3. The lowest BCUT2D eigenvalue weighted by Gasteiger charge is -2.40. The molecule has 1 saturated heterocycles. The summed E-state index contributed by atoms with van der Waals surface area (Å²) in [6.07, 6.45) is 0.390. The number of amides is 1. The van der Waals surface area contributed by atoms with Crippen LogP contribution < -0.4 is 4.74 Å². The van der Waals surface area contributed by atoms with Crippen molar-refractivity contribution in [1.82, 2.24) is 9.80 Å². The Hall–Kier alpha value is -4.03. The first-order valence-electron chi connectivity index (χ1n) is 13.3. The number of carbonyl (C=O) groups excluding carboxylic acids is 1. The summed E-state index contributed by atoms with van der Waals surface area (Å²) in [6.45, 7) is -0.531. The minimum absolute atomic E-state index is 0.0200. The van der Waals surface area contributed by atoms with Crippen molar-refractivity contribution >= 4 is 5.91 Å². The summed E-state index contributed by atoms with van der Waals surface area (Å²) in [5.74, 6) is 0.270. The molecule has 6 heteroatoms. The molecule has 4 aromatic rings. The van der Waals surface area contributed by atoms with E-state index in [4.69, 9.17) is 4.74 Å². The third-order valence-electron chi connectivity index (χ3n) is 7.36. The van der Waals surface area contributed by atoms with Gasteiger partial charge in [0.1, 0.15) is 5.75 Å². The van der Waals surface area contributed by atoms with E-state index in [0.717, 1.165) is 16.7 Å². The topological polar surface area (TPSA) is 32.8 Å². The summed E-state index contributed by atoms with van der Waals surface area (Å²) >= 11 is 0. The van der Waals surface area contributed by atoms with Crippen LogP contribution in [-0.2, 0) is 4.79 Å². The van der Waals surface area contributed by atoms with Crippen LogP contribution in [0.15, 0.2) is 115 Å². The summed E-state index contributed by atoms with van der Waals surface area (Å²) in [5.41, 5.74) is 3.93. The molecule has 0 aromatic heterocycles. The van der Waals surface area contributed by atoms with E-state index in [0.29, 0.717) is 38.2 Å². The van der Waals surface area contributed by atoms with E-state index in [2.05, 4.69) is 29.2 Å². The highest BCUT2D eigenvalue weighted by Gasteiger charge is 2.31. The highest BCUT2D eigenvalue weighted by atomic mass is 19.3. The maximum absolute atomic E-state index is 13.6. The molecule has 0 spiro atoms. The smallest absolute Gasteiger partial charge is 0.387 e. The molecule has 0 radical (unpaired) electrons. The van der Waals surface area contributed by atoms with Gasteiger partial charge in [0.05, 0.1) is 6.04 Å². The van der Waals surface area contributed by atoms with E-state index < -0.39 is 6.61 Å². The molecule has 4 nitrogen and oxygen atoms in total. The Morgan fingerprint density at radius 3 is 1.69 bits per heavy atom. The highest BCUT2D eigenvalue weighted by Crippen LogP contribution is 2.36. The molecule has 1 aliphatic heterocycles. The van der Waals surface area contributed by atoms with Gasteiger partial charge >= 0.3 is 6.61 Å². The Bertz CT molecular complexity index is 1290. The van der Waals surface area contributed by atoms with Gasteiger partial charge in [-0.05, 0) is 22.8 Å². The number of ether oxygens (including phenoxy) is 1. The first-order chi connectivity index (χ1) is 19.1. The van der Waals surface area contributed by atoms with Gasteiger partial charge in [-0.2, -0.15) is 8.78 Å². The van der Waals surface area contributed by atoms with Gasteiger partial charge in [0, 0.05) is 44.1 Å². The zero-order valence-electron chi connectivity index (χ0n) is 21.7. The Labute approximate surface area is 228 Å². The van der Waals surface area contributed by atoms with Crippen LogP contribution in [0.4, 0.5) is 8.78 Å². The molecule has 4 aromatic carbocycles. The Balaban J connectivity index is 1.33. The van der Waals surface area contributed by atoms with Crippen molar-refractivity contribution in [3.05, 3.63) is 138 Å². The van der Waals surface area contributed by atoms with Crippen LogP contribution >= 0.6 is 0 Å². The summed E-state index contributed by atoms with van der Waals surface area (Å²) in [7, 11) is 0. The number of benzene rings is 4. The second-order valence-electron chi connectivity index (χ2n) is 9.72. The fourth-order valence-electron chi connectivity index (χ4n) is 5.46. The predicted octanol–water partition coefficient (Wildman–Crippen LogP) is 6.74. The number of piperazine rings is 1. The lowest BCUT2D eigenvalue weighted by molar-refractivity contribution is -0.133. The maximum atomic E-state index is 13.6. The Kier molecular flexibility index (Phi) is 8.64. The molecule has 1 unspecified atom stereocenters. The molecule has 0 bridgehead atoms. The van der Waals surface area contributed by atoms with Crippen LogP contribution in [0.1, 0.15) is 40.6 Å². The van der Waals surface area contributed by atoms with Gasteiger partial charge in [-0.1, -0.05) is 109 Å². The molecule has 1 fully saturated rings. The normalized spacial score (nSPS) is 14.9. The van der Waals surface area contributed by atoms with Gasteiger partial charge in [-0.3, -0.25) is 9.69 Å². The SMILES string of the molecule is O=C(CC(c1ccccc1)c1ccccc1)N1CCN(C(c2ccccc2)c2ccccc2OC(F)F)CC1. The van der Waals surface area contributed by atoms with Gasteiger partial charge in [-0.15, -0.1) is 0 Å². The molecule has 0 N–H and O–H groups in total. The van der Waals surface area contributed by atoms with E-state index in [1.54, 1.807) is 12.1 Å². The molecule has 5 rings (SSSR count). The molecular formula is C33H32F2N2O2. The first-order valence-corrected chi connectivity index (χ1v) is 13.3. The molecule has 1 aliphatic rings. The van der Waals surface area contributed by atoms with Gasteiger partial charge in [-0.25, -0.2) is 0 Å². The minimum atomic E-state index is -2.90. The number of alkyl halides is 2. The van der Waals surface area contributed by atoms with Crippen molar-refractivity contribution in [1.29, 1.82) is 0 Å². The minimum Gasteiger partial charge on any atom is -0.434 e. The second-order valence-corrected chi connectivity index (χ2v) is 9.72. The van der Waals surface area contributed by atoms with Gasteiger partial charge in [0.25, 0.3) is 0 Å². The van der Waals surface area contributed by atoms with Crippen molar-refractivity contribution in [3.63, 3.8) is 0 Å². The number of carbonyl (C=O) groups is 1. The first kappa shape index (κ1) is 26.6. The lowest BCUT2D eigenvalue weighted by atomic mass is 9.88. The van der Waals surface area contributed by atoms with Crippen LogP contribution in [0, 0.1) is 0 Å². The molecule has 39 heavy (non-hydrogen) atoms. The van der Waals surface area contributed by atoms with Gasteiger partial charge in [0.15, 0.2) is 0 Å². The molecule has 1 atom stereocenters. The molecule has 200 valence electrons. The summed E-state index contributed by atoms with van der Waals surface area (Å²) in [6, 6.07) is 36.9. The van der Waals surface area contributed by atoms with Crippen molar-refractivity contribution in [2.75, 3.05) is 26.2 Å². The summed E-state index contributed by atoms with van der Waals surface area (Å²) in [5, 5.41) is 0. The van der Waals surface area contributed by atoms with Crippen LogP contribution in [-0.4, -0.2) is 48.5 Å². The van der Waals surface area contributed by atoms with Crippen molar-refractivity contribution in [2.45, 2.75) is 25.0 Å². The second kappa shape index (κ2) is 12.7. The van der Waals surface area contributed by atoms with Crippen LogP contribution in [0.2, 0.25) is 0 Å². The van der Waals surface area contributed by atoms with Crippen LogP contribution in [0.5, 0.6) is 5.75 Å². The molecule has 1 amide bonds. The monoisotopic (exact) mass is 526 g/mol. The Morgan fingerprint density at radius 2 is 1.15 bits per heavy atom. The largest absolute Gasteiger partial charge is 0.434 e. The third kappa shape index (κ3) is 6.52. The average molecular weight is 527 g/mol. The quantitative estimate of drug-likeness (QED) is 0.242. The number of halogens is 2. The van der Waals surface area contributed by atoms with Gasteiger partial charge in [0.2, 0.25) is 5.91 Å². The van der Waals surface area contributed by atoms with Crippen LogP contribution in [0.3, 0.4) is 0 Å². The number of nitrogens with zero attached hydrogens (tertiary/aromatic N) is 2. The number of hydrogen-bond donors (Lipinski definition) is 0. The van der Waals surface area contributed by atoms with Crippen LogP contribution in [0.25, 0.3) is 0 Å². The predicted molar refractivity (Wildman–Crippen MR) is 149 cm³/mol. The third-order valence-corrected chi connectivity index (χ3v) is 7.36. The fraction of sp³-hybridized carbons (Fsp3) is 0.242. The maximum Gasteiger partial charge on any atom is 0.387 e. The highest BCUT2D eigenvalue weighted by molar-refractivity contribution is 5.78.